The molecule has 28 heavy (non-hydrogen) atoms. The maximum atomic E-state index is 13.6. The number of halogens is 3. The van der Waals surface area contributed by atoms with Crippen LogP contribution in [0, 0.1) is 5.92 Å². The highest BCUT2D eigenvalue weighted by atomic mass is 19.4. The van der Waals surface area contributed by atoms with Gasteiger partial charge in [0, 0.05) is 12.4 Å². The molecule has 2 amide bonds. The zero-order chi connectivity index (χ0) is 20.3. The van der Waals surface area contributed by atoms with Gasteiger partial charge in [-0.2, -0.15) is 28.4 Å². The van der Waals surface area contributed by atoms with Gasteiger partial charge in [-0.1, -0.05) is 18.2 Å². The van der Waals surface area contributed by atoms with Gasteiger partial charge in [0.25, 0.3) is 11.8 Å². The van der Waals surface area contributed by atoms with Crippen LogP contribution in [-0.2, 0) is 4.79 Å². The molecule has 0 spiro atoms. The van der Waals surface area contributed by atoms with Crippen LogP contribution >= 0.6 is 0 Å². The van der Waals surface area contributed by atoms with Crippen molar-refractivity contribution in [3.05, 3.63) is 60.4 Å². The molecule has 2 aromatic rings. The van der Waals surface area contributed by atoms with Crippen LogP contribution in [0.3, 0.4) is 0 Å². The number of nitrogens with one attached hydrogen (secondary N) is 1. The third-order valence-corrected chi connectivity index (χ3v) is 3.90. The summed E-state index contributed by atoms with van der Waals surface area (Å²) in [6, 6.07) is 10.9. The van der Waals surface area contributed by atoms with E-state index in [2.05, 4.69) is 15.2 Å². The minimum absolute atomic E-state index is 0.0295. The number of amides is 2. The number of rotatable bonds is 4. The molecule has 0 saturated carbocycles. The third kappa shape index (κ3) is 3.90. The fourth-order valence-corrected chi connectivity index (χ4v) is 2.60. The van der Waals surface area contributed by atoms with Gasteiger partial charge < -0.3 is 0 Å². The second-order valence-corrected chi connectivity index (χ2v) is 5.84. The first kappa shape index (κ1) is 19.2. The number of pyridine rings is 1. The van der Waals surface area contributed by atoms with Crippen molar-refractivity contribution in [1.82, 2.24) is 10.4 Å². The first-order chi connectivity index (χ1) is 13.3. The number of alkyl halides is 3. The van der Waals surface area contributed by atoms with Crippen LogP contribution in [-0.4, -0.2) is 34.4 Å². The molecule has 2 heterocycles. The summed E-state index contributed by atoms with van der Waals surface area (Å²) in [6.45, 7) is 1.30. The molecular weight excluding hydrogens is 375 g/mol. The Balaban J connectivity index is 1.89. The Bertz CT molecular complexity index is 943. The number of carbonyl (C=O) groups is 2. The van der Waals surface area contributed by atoms with Crippen molar-refractivity contribution in [1.29, 1.82) is 0 Å². The largest absolute Gasteiger partial charge is 0.432 e. The Hall–Kier alpha value is -3.56. The molecule has 0 bridgehead atoms. The zero-order valence-corrected chi connectivity index (χ0v) is 14.5. The van der Waals surface area contributed by atoms with Gasteiger partial charge in [-0.05, 0) is 31.2 Å². The van der Waals surface area contributed by atoms with E-state index in [1.165, 1.54) is 31.5 Å². The number of hydrogen-bond acceptors (Lipinski definition) is 5. The Morgan fingerprint density at radius 1 is 1.18 bits per heavy atom. The van der Waals surface area contributed by atoms with E-state index in [0.717, 1.165) is 5.01 Å². The Labute approximate surface area is 157 Å². The zero-order valence-electron chi connectivity index (χ0n) is 14.5. The molecule has 1 aliphatic rings. The van der Waals surface area contributed by atoms with Crippen molar-refractivity contribution in [2.45, 2.75) is 13.1 Å². The second kappa shape index (κ2) is 7.59. The molecule has 3 rings (SSSR count). The summed E-state index contributed by atoms with van der Waals surface area (Å²) in [5, 5.41) is 8.05. The van der Waals surface area contributed by atoms with Crippen molar-refractivity contribution in [3.8, 4) is 0 Å². The molecule has 7 nitrogen and oxygen atoms in total. The fourth-order valence-electron chi connectivity index (χ4n) is 2.60. The monoisotopic (exact) mass is 389 g/mol. The highest BCUT2D eigenvalue weighted by Gasteiger charge is 2.49. The summed E-state index contributed by atoms with van der Waals surface area (Å²) in [7, 11) is 0. The topological polar surface area (TPSA) is 87.0 Å². The number of hydrazone groups is 2. The van der Waals surface area contributed by atoms with Crippen molar-refractivity contribution < 1.29 is 22.8 Å². The molecule has 1 aromatic heterocycles. The lowest BCUT2D eigenvalue weighted by molar-refractivity contribution is -0.119. The molecule has 0 saturated heterocycles. The molecule has 10 heteroatoms. The van der Waals surface area contributed by atoms with Crippen molar-refractivity contribution in [2.75, 3.05) is 5.01 Å². The van der Waals surface area contributed by atoms with Gasteiger partial charge >= 0.3 is 6.18 Å². The quantitative estimate of drug-likeness (QED) is 0.644. The van der Waals surface area contributed by atoms with Gasteiger partial charge in [0.05, 0.1) is 17.0 Å². The minimum atomic E-state index is -4.95. The van der Waals surface area contributed by atoms with Crippen LogP contribution in [0.1, 0.15) is 17.3 Å². The Kier molecular flexibility index (Phi) is 5.21. The number of benzene rings is 1. The molecule has 0 radical (unpaired) electrons. The molecule has 1 N–H and O–H groups in total. The number of anilines is 1. The van der Waals surface area contributed by atoms with Gasteiger partial charge in [0.1, 0.15) is 5.92 Å². The minimum Gasteiger partial charge on any atom is -0.271 e. The summed E-state index contributed by atoms with van der Waals surface area (Å²) < 4.78 is 40.7. The van der Waals surface area contributed by atoms with Crippen molar-refractivity contribution in [2.24, 2.45) is 16.1 Å². The molecule has 1 aromatic carbocycles. The lowest BCUT2D eigenvalue weighted by Crippen LogP contribution is -2.41. The average molecular weight is 389 g/mol. The second-order valence-electron chi connectivity index (χ2n) is 5.84. The van der Waals surface area contributed by atoms with E-state index < -0.39 is 29.6 Å². The molecular formula is C18H14F3N5O2. The summed E-state index contributed by atoms with van der Waals surface area (Å²) in [5.41, 5.74) is 0.667. The van der Waals surface area contributed by atoms with Crippen LogP contribution in [0.15, 0.2) is 65.1 Å². The van der Waals surface area contributed by atoms with E-state index >= 15 is 0 Å². The SMILES string of the molecule is CC1=NN(c2ccccc2)C(=O)C1C(=NNC(=O)c1cccnc1)C(F)(F)F. The van der Waals surface area contributed by atoms with Gasteiger partial charge in [-0.15, -0.1) is 0 Å². The first-order valence-corrected chi connectivity index (χ1v) is 8.08. The molecule has 0 fully saturated rings. The van der Waals surface area contributed by atoms with Gasteiger partial charge in [-0.25, -0.2) is 5.43 Å². The first-order valence-electron chi connectivity index (χ1n) is 8.08. The average Bonchev–Trinajstić information content (AvgIpc) is 2.97. The van der Waals surface area contributed by atoms with E-state index in [-0.39, 0.29) is 11.3 Å². The predicted octanol–water partition coefficient (Wildman–Crippen LogP) is 2.77. The number of carbonyl (C=O) groups excluding carboxylic acids is 2. The standard InChI is InChI=1S/C18H14F3N5O2/c1-11-14(17(28)26(25-11)13-7-3-2-4-8-13)15(18(19,20)21)23-24-16(27)12-6-5-9-22-10-12/h2-10,14H,1H3,(H,24,27). The van der Waals surface area contributed by atoms with E-state index in [1.54, 1.807) is 30.3 Å². The van der Waals surface area contributed by atoms with Gasteiger partial charge in [-0.3, -0.25) is 14.6 Å². The molecule has 1 atom stereocenters. The van der Waals surface area contributed by atoms with Crippen LogP contribution in [0.4, 0.5) is 18.9 Å². The Morgan fingerprint density at radius 2 is 1.89 bits per heavy atom. The highest BCUT2D eigenvalue weighted by molar-refractivity contribution is 6.29. The maximum absolute atomic E-state index is 13.6. The summed E-state index contributed by atoms with van der Waals surface area (Å²) in [5.74, 6) is -3.54. The van der Waals surface area contributed by atoms with Gasteiger partial charge in [0.15, 0.2) is 5.71 Å². The number of para-hydroxylation sites is 1. The number of hydrogen-bond donors (Lipinski definition) is 1. The highest BCUT2D eigenvalue weighted by Crippen LogP contribution is 2.30. The molecule has 1 aliphatic heterocycles. The van der Waals surface area contributed by atoms with Crippen LogP contribution in [0.5, 0.6) is 0 Å². The van der Waals surface area contributed by atoms with Gasteiger partial charge in [0.2, 0.25) is 0 Å². The van der Waals surface area contributed by atoms with E-state index in [0.29, 0.717) is 5.69 Å². The van der Waals surface area contributed by atoms with E-state index in [1.807, 2.05) is 5.43 Å². The molecule has 1 unspecified atom stereocenters. The van der Waals surface area contributed by atoms with Crippen molar-refractivity contribution in [3.63, 3.8) is 0 Å². The normalized spacial score (nSPS) is 17.5. The van der Waals surface area contributed by atoms with E-state index in [4.69, 9.17) is 0 Å². The fraction of sp³-hybridized carbons (Fsp3) is 0.167. The third-order valence-electron chi connectivity index (χ3n) is 3.90. The number of nitrogens with zero attached hydrogens (tertiary/aromatic N) is 4. The lowest BCUT2D eigenvalue weighted by atomic mass is 9.97. The Morgan fingerprint density at radius 3 is 2.50 bits per heavy atom. The predicted molar refractivity (Wildman–Crippen MR) is 95.7 cm³/mol. The van der Waals surface area contributed by atoms with E-state index in [9.17, 15) is 22.8 Å². The van der Waals surface area contributed by atoms with Crippen LogP contribution < -0.4 is 10.4 Å². The smallest absolute Gasteiger partial charge is 0.271 e. The summed E-state index contributed by atoms with van der Waals surface area (Å²) in [6.07, 6.45) is -2.36. The molecule has 144 valence electrons. The van der Waals surface area contributed by atoms with Crippen LogP contribution in [0.25, 0.3) is 0 Å². The van der Waals surface area contributed by atoms with Crippen LogP contribution in [0.2, 0.25) is 0 Å². The lowest BCUT2D eigenvalue weighted by Gasteiger charge is -2.17. The van der Waals surface area contributed by atoms with Crippen molar-refractivity contribution >= 4 is 28.9 Å². The summed E-state index contributed by atoms with van der Waals surface area (Å²) in [4.78, 5) is 28.3. The molecule has 0 aliphatic carbocycles. The maximum Gasteiger partial charge on any atom is 0.432 e. The summed E-state index contributed by atoms with van der Waals surface area (Å²) >= 11 is 0. The number of aromatic nitrogens is 1.